The van der Waals surface area contributed by atoms with Crippen molar-refractivity contribution in [2.75, 3.05) is 65.4 Å². The van der Waals surface area contributed by atoms with E-state index in [1.54, 1.807) is 0 Å². The Morgan fingerprint density at radius 3 is 2.27 bits per heavy atom. The van der Waals surface area contributed by atoms with E-state index in [0.717, 1.165) is 12.0 Å². The van der Waals surface area contributed by atoms with Gasteiger partial charge < -0.3 is 15.1 Å². The molecule has 3 aliphatic heterocycles. The number of likely N-dealkylation sites (tertiary alicyclic amines) is 1. The predicted molar refractivity (Wildman–Crippen MR) is 93.4 cm³/mol. The fourth-order valence-electron chi connectivity index (χ4n) is 4.60. The molecule has 0 amide bonds. The maximum atomic E-state index is 3.66. The Bertz CT molecular complexity index is 306. The van der Waals surface area contributed by atoms with Gasteiger partial charge in [0.2, 0.25) is 0 Å². The number of piperidine rings is 1. The molecule has 2 atom stereocenters. The van der Waals surface area contributed by atoms with Gasteiger partial charge in [-0.15, -0.1) is 0 Å². The summed E-state index contributed by atoms with van der Waals surface area (Å²) in [5.74, 6) is 0.882. The zero-order chi connectivity index (χ0) is 15.2. The van der Waals surface area contributed by atoms with Crippen LogP contribution in [0.1, 0.15) is 39.0 Å². The van der Waals surface area contributed by atoms with Gasteiger partial charge in [0.05, 0.1) is 0 Å². The normalized spacial score (nSPS) is 33.7. The number of piperazine rings is 1. The van der Waals surface area contributed by atoms with Gasteiger partial charge in [-0.2, -0.15) is 0 Å². The summed E-state index contributed by atoms with van der Waals surface area (Å²) in [6.45, 7) is 15.1. The molecule has 0 aromatic rings. The van der Waals surface area contributed by atoms with E-state index in [-0.39, 0.29) is 0 Å². The van der Waals surface area contributed by atoms with Crippen LogP contribution in [0, 0.1) is 5.92 Å². The number of likely N-dealkylation sites (N-methyl/N-ethyl adjacent to an activating group) is 1. The molecule has 0 saturated carbocycles. The lowest BCUT2D eigenvalue weighted by Crippen LogP contribution is -2.58. The van der Waals surface area contributed by atoms with Crippen molar-refractivity contribution >= 4 is 0 Å². The molecule has 2 unspecified atom stereocenters. The van der Waals surface area contributed by atoms with Crippen molar-refractivity contribution in [1.29, 1.82) is 0 Å². The molecule has 0 aliphatic carbocycles. The molecule has 3 aliphatic rings. The van der Waals surface area contributed by atoms with E-state index in [0.29, 0.717) is 0 Å². The lowest BCUT2D eigenvalue weighted by atomic mass is 9.90. The average molecular weight is 309 g/mol. The van der Waals surface area contributed by atoms with Gasteiger partial charge in [-0.3, -0.25) is 4.90 Å². The van der Waals surface area contributed by atoms with Gasteiger partial charge in [-0.25, -0.2) is 0 Å². The molecule has 4 nitrogen and oxygen atoms in total. The molecular formula is C18H36N4. The van der Waals surface area contributed by atoms with Crippen molar-refractivity contribution < 1.29 is 0 Å². The van der Waals surface area contributed by atoms with Crippen molar-refractivity contribution in [3.05, 3.63) is 0 Å². The Balaban J connectivity index is 1.54. The average Bonchev–Trinajstić information content (AvgIpc) is 2.84. The topological polar surface area (TPSA) is 21.8 Å². The summed E-state index contributed by atoms with van der Waals surface area (Å²) >= 11 is 0. The molecular weight excluding hydrogens is 272 g/mol. The molecule has 128 valence electrons. The quantitative estimate of drug-likeness (QED) is 0.849. The summed E-state index contributed by atoms with van der Waals surface area (Å²) in [7, 11) is 0. The third-order valence-corrected chi connectivity index (χ3v) is 6.10. The van der Waals surface area contributed by atoms with Crippen LogP contribution in [0.15, 0.2) is 0 Å². The van der Waals surface area contributed by atoms with E-state index in [9.17, 15) is 0 Å². The number of hydrogen-bond donors (Lipinski definition) is 1. The summed E-state index contributed by atoms with van der Waals surface area (Å²) in [6, 6.07) is 0.774. The predicted octanol–water partition coefficient (Wildman–Crippen LogP) is 1.48. The maximum absolute atomic E-state index is 3.66. The monoisotopic (exact) mass is 308 g/mol. The first kappa shape index (κ1) is 16.7. The zero-order valence-electron chi connectivity index (χ0n) is 14.6. The fraction of sp³-hybridized carbons (Fsp3) is 1.00. The summed E-state index contributed by atoms with van der Waals surface area (Å²) in [5.41, 5.74) is 0. The molecule has 3 rings (SSSR count). The van der Waals surface area contributed by atoms with Crippen LogP contribution in [0.2, 0.25) is 0 Å². The standard InChI is InChI=1S/C18H36N4/c1-2-20-11-13-22(14-12-20)18-15-19-8-7-17(18)16-21-9-5-3-4-6-10-21/h17-19H,2-16H2,1H3. The lowest BCUT2D eigenvalue weighted by molar-refractivity contribution is 0.0452. The van der Waals surface area contributed by atoms with Gasteiger partial charge in [0.15, 0.2) is 0 Å². The SMILES string of the molecule is CCN1CCN(C2CNCCC2CN2CCCCCC2)CC1. The van der Waals surface area contributed by atoms with Crippen molar-refractivity contribution in [2.24, 2.45) is 5.92 Å². The summed E-state index contributed by atoms with van der Waals surface area (Å²) in [4.78, 5) is 8.16. The highest BCUT2D eigenvalue weighted by molar-refractivity contribution is 4.90. The van der Waals surface area contributed by atoms with E-state index >= 15 is 0 Å². The lowest BCUT2D eigenvalue weighted by Gasteiger charge is -2.45. The molecule has 3 heterocycles. The molecule has 3 fully saturated rings. The molecule has 0 spiro atoms. The zero-order valence-corrected chi connectivity index (χ0v) is 14.6. The second-order valence-electron chi connectivity index (χ2n) is 7.51. The van der Waals surface area contributed by atoms with Gasteiger partial charge in [0, 0.05) is 45.3 Å². The Morgan fingerprint density at radius 1 is 0.864 bits per heavy atom. The highest BCUT2D eigenvalue weighted by atomic mass is 15.3. The van der Waals surface area contributed by atoms with E-state index < -0.39 is 0 Å². The molecule has 0 aromatic heterocycles. The van der Waals surface area contributed by atoms with Gasteiger partial charge in [-0.05, 0) is 51.4 Å². The van der Waals surface area contributed by atoms with Crippen LogP contribution in [0.4, 0.5) is 0 Å². The van der Waals surface area contributed by atoms with Crippen molar-refractivity contribution in [3.8, 4) is 0 Å². The van der Waals surface area contributed by atoms with E-state index in [4.69, 9.17) is 0 Å². The Hall–Kier alpha value is -0.160. The van der Waals surface area contributed by atoms with E-state index in [1.807, 2.05) is 0 Å². The van der Waals surface area contributed by atoms with Gasteiger partial charge >= 0.3 is 0 Å². The van der Waals surface area contributed by atoms with Gasteiger partial charge in [0.1, 0.15) is 0 Å². The first-order valence-electron chi connectivity index (χ1n) is 9.76. The van der Waals surface area contributed by atoms with Gasteiger partial charge in [0.25, 0.3) is 0 Å². The Labute approximate surface area is 137 Å². The first-order chi connectivity index (χ1) is 10.9. The summed E-state index contributed by atoms with van der Waals surface area (Å²) < 4.78 is 0. The van der Waals surface area contributed by atoms with Crippen LogP contribution in [-0.4, -0.2) is 86.2 Å². The Morgan fingerprint density at radius 2 is 1.59 bits per heavy atom. The molecule has 22 heavy (non-hydrogen) atoms. The smallest absolute Gasteiger partial charge is 0.0262 e. The minimum atomic E-state index is 0.774. The van der Waals surface area contributed by atoms with Crippen molar-refractivity contribution in [2.45, 2.75) is 45.1 Å². The highest BCUT2D eigenvalue weighted by Crippen LogP contribution is 2.22. The van der Waals surface area contributed by atoms with Crippen LogP contribution in [0.5, 0.6) is 0 Å². The number of nitrogens with zero attached hydrogens (tertiary/aromatic N) is 3. The third kappa shape index (κ3) is 4.44. The molecule has 3 saturated heterocycles. The minimum Gasteiger partial charge on any atom is -0.315 e. The van der Waals surface area contributed by atoms with E-state index in [2.05, 4.69) is 26.9 Å². The molecule has 0 bridgehead atoms. The number of rotatable bonds is 4. The van der Waals surface area contributed by atoms with Crippen molar-refractivity contribution in [3.63, 3.8) is 0 Å². The van der Waals surface area contributed by atoms with E-state index in [1.165, 1.54) is 97.6 Å². The molecule has 0 radical (unpaired) electrons. The summed E-state index contributed by atoms with van der Waals surface area (Å²) in [5, 5.41) is 3.66. The van der Waals surface area contributed by atoms with Crippen LogP contribution in [0.3, 0.4) is 0 Å². The second-order valence-corrected chi connectivity index (χ2v) is 7.51. The maximum Gasteiger partial charge on any atom is 0.0262 e. The Kier molecular flexibility index (Phi) is 6.54. The molecule has 1 N–H and O–H groups in total. The first-order valence-corrected chi connectivity index (χ1v) is 9.76. The van der Waals surface area contributed by atoms with Gasteiger partial charge in [-0.1, -0.05) is 19.8 Å². The highest BCUT2D eigenvalue weighted by Gasteiger charge is 2.32. The number of nitrogens with one attached hydrogen (secondary N) is 1. The van der Waals surface area contributed by atoms with Crippen LogP contribution < -0.4 is 5.32 Å². The minimum absolute atomic E-state index is 0.774. The van der Waals surface area contributed by atoms with Crippen LogP contribution in [0.25, 0.3) is 0 Å². The third-order valence-electron chi connectivity index (χ3n) is 6.10. The second kappa shape index (κ2) is 8.62. The molecule has 0 aromatic carbocycles. The summed E-state index contributed by atoms with van der Waals surface area (Å²) in [6.07, 6.45) is 7.11. The van der Waals surface area contributed by atoms with Crippen LogP contribution in [-0.2, 0) is 0 Å². The van der Waals surface area contributed by atoms with Crippen LogP contribution >= 0.6 is 0 Å². The number of hydrogen-bond acceptors (Lipinski definition) is 4. The fourth-order valence-corrected chi connectivity index (χ4v) is 4.60. The van der Waals surface area contributed by atoms with Crippen molar-refractivity contribution in [1.82, 2.24) is 20.0 Å². The molecule has 4 heteroatoms. The largest absolute Gasteiger partial charge is 0.315 e.